The van der Waals surface area contributed by atoms with Crippen LogP contribution in [0.3, 0.4) is 0 Å². The Kier molecular flexibility index (Phi) is 6.20. The zero-order valence-corrected chi connectivity index (χ0v) is 17.7. The van der Waals surface area contributed by atoms with Crippen molar-refractivity contribution in [3.05, 3.63) is 25.9 Å². The Hall–Kier alpha value is 1.56. The minimum absolute atomic E-state index is 0.380. The molecular formula is C8H5I4NO3S. The number of sulfonamides is 1. The van der Waals surface area contributed by atoms with Gasteiger partial charge < -0.3 is 0 Å². The molecule has 4 nitrogen and oxygen atoms in total. The first-order valence-electron chi connectivity index (χ1n) is 3.98. The number of hydrogen-bond acceptors (Lipinski definition) is 3. The van der Waals surface area contributed by atoms with Gasteiger partial charge in [-0.3, -0.25) is 4.79 Å². The van der Waals surface area contributed by atoms with E-state index in [1.165, 1.54) is 0 Å². The second-order valence-electron chi connectivity index (χ2n) is 3.05. The van der Waals surface area contributed by atoms with Gasteiger partial charge in [0.25, 0.3) is 5.91 Å². The minimum atomic E-state index is -3.53. The lowest BCUT2D eigenvalue weighted by Crippen LogP contribution is -2.30. The molecule has 1 amide bonds. The van der Waals surface area contributed by atoms with E-state index in [-0.39, 0.29) is 0 Å². The van der Waals surface area contributed by atoms with Crippen molar-refractivity contribution in [1.82, 2.24) is 4.72 Å². The topological polar surface area (TPSA) is 63.2 Å². The summed E-state index contributed by atoms with van der Waals surface area (Å²) in [6.45, 7) is 0. The molecule has 0 atom stereocenters. The molecule has 0 aliphatic rings. The van der Waals surface area contributed by atoms with Crippen LogP contribution in [0.25, 0.3) is 0 Å². The summed E-state index contributed by atoms with van der Waals surface area (Å²) in [5.41, 5.74) is 0.380. The Bertz CT molecular complexity index is 585. The highest BCUT2D eigenvalue weighted by molar-refractivity contribution is 14.1. The van der Waals surface area contributed by atoms with Crippen LogP contribution in [-0.2, 0) is 10.0 Å². The molecule has 0 saturated heterocycles. The van der Waals surface area contributed by atoms with Crippen LogP contribution < -0.4 is 4.72 Å². The number of nitrogens with one attached hydrogen (secondary N) is 1. The highest BCUT2D eigenvalue weighted by Crippen LogP contribution is 2.28. The summed E-state index contributed by atoms with van der Waals surface area (Å²) in [7, 11) is -3.53. The van der Waals surface area contributed by atoms with E-state index < -0.39 is 15.9 Å². The van der Waals surface area contributed by atoms with Crippen LogP contribution in [-0.4, -0.2) is 20.6 Å². The van der Waals surface area contributed by atoms with E-state index in [9.17, 15) is 13.2 Å². The van der Waals surface area contributed by atoms with E-state index >= 15 is 0 Å². The molecule has 17 heavy (non-hydrogen) atoms. The third-order valence-corrected chi connectivity index (χ3v) is 9.45. The standard InChI is InChI=1S/C8H5I4NO3S/c1-17(15,16)13-8(14)3-2-4(9)6(11)7(12)5(3)10/h2H,1H3,(H,13,14). The Morgan fingerprint density at radius 2 is 1.65 bits per heavy atom. The molecule has 0 unspecified atom stereocenters. The van der Waals surface area contributed by atoms with Gasteiger partial charge in [0.2, 0.25) is 10.0 Å². The molecule has 0 saturated carbocycles. The van der Waals surface area contributed by atoms with E-state index in [1.807, 2.05) is 27.3 Å². The normalized spacial score (nSPS) is 11.4. The lowest BCUT2D eigenvalue weighted by molar-refractivity contribution is 0.0980. The molecule has 0 spiro atoms. The first kappa shape index (κ1) is 16.6. The zero-order chi connectivity index (χ0) is 13.4. The summed E-state index contributed by atoms with van der Waals surface area (Å²) in [5, 5.41) is 0. The van der Waals surface area contributed by atoms with Gasteiger partial charge in [-0.25, -0.2) is 13.1 Å². The fourth-order valence-electron chi connectivity index (χ4n) is 0.961. The van der Waals surface area contributed by atoms with E-state index in [0.717, 1.165) is 20.5 Å². The molecule has 0 fully saturated rings. The Balaban J connectivity index is 3.29. The van der Waals surface area contributed by atoms with Crippen LogP contribution in [0.4, 0.5) is 0 Å². The van der Waals surface area contributed by atoms with Gasteiger partial charge in [-0.2, -0.15) is 0 Å². The molecule has 0 radical (unpaired) electrons. The second kappa shape index (κ2) is 6.34. The summed E-state index contributed by atoms with van der Waals surface area (Å²) in [5.74, 6) is -0.593. The van der Waals surface area contributed by atoms with Gasteiger partial charge in [0.05, 0.1) is 11.8 Å². The smallest absolute Gasteiger partial charge is 0.265 e. The average Bonchev–Trinajstić information content (AvgIpc) is 2.17. The maximum Gasteiger partial charge on any atom is 0.265 e. The third-order valence-electron chi connectivity index (χ3n) is 1.63. The maximum absolute atomic E-state index is 11.8. The monoisotopic (exact) mass is 703 g/mol. The molecule has 1 aromatic carbocycles. The number of halogens is 4. The van der Waals surface area contributed by atoms with Gasteiger partial charge in [0.1, 0.15) is 0 Å². The van der Waals surface area contributed by atoms with Gasteiger partial charge in [-0.05, 0) is 96.4 Å². The fourth-order valence-corrected chi connectivity index (χ4v) is 4.70. The predicted molar refractivity (Wildman–Crippen MR) is 99.6 cm³/mol. The van der Waals surface area contributed by atoms with Crippen LogP contribution in [0.2, 0.25) is 0 Å². The first-order chi connectivity index (χ1) is 7.63. The number of rotatable bonds is 2. The predicted octanol–water partition coefficient (Wildman–Crippen LogP) is 2.79. The highest BCUT2D eigenvalue weighted by Gasteiger charge is 2.19. The van der Waals surface area contributed by atoms with Gasteiger partial charge >= 0.3 is 0 Å². The van der Waals surface area contributed by atoms with Crippen molar-refractivity contribution < 1.29 is 13.2 Å². The quantitative estimate of drug-likeness (QED) is 0.293. The second-order valence-corrected chi connectivity index (χ2v) is 9.20. The summed E-state index contributed by atoms with van der Waals surface area (Å²) < 4.78 is 27.7. The van der Waals surface area contributed by atoms with Crippen molar-refractivity contribution in [2.45, 2.75) is 0 Å². The van der Waals surface area contributed by atoms with Crippen molar-refractivity contribution in [2.75, 3.05) is 6.26 Å². The van der Waals surface area contributed by atoms with Gasteiger partial charge in [0, 0.05) is 14.3 Å². The Morgan fingerprint density at radius 1 is 1.12 bits per heavy atom. The molecule has 1 aromatic rings. The molecule has 9 heteroatoms. The van der Waals surface area contributed by atoms with Crippen LogP contribution >= 0.6 is 90.4 Å². The molecule has 1 rings (SSSR count). The molecule has 0 aliphatic carbocycles. The van der Waals surface area contributed by atoms with E-state index in [4.69, 9.17) is 0 Å². The molecule has 94 valence electrons. The van der Waals surface area contributed by atoms with E-state index in [0.29, 0.717) is 5.56 Å². The summed E-state index contributed by atoms with van der Waals surface area (Å²) in [4.78, 5) is 11.8. The fraction of sp³-hybridized carbons (Fsp3) is 0.125. The lowest BCUT2D eigenvalue weighted by atomic mass is 10.2. The van der Waals surface area contributed by atoms with Crippen LogP contribution in [0.15, 0.2) is 6.07 Å². The molecule has 0 aliphatic heterocycles. The van der Waals surface area contributed by atoms with Crippen LogP contribution in [0, 0.1) is 14.3 Å². The number of hydrogen-bond donors (Lipinski definition) is 1. The Labute approximate surface area is 154 Å². The van der Waals surface area contributed by atoms with Gasteiger partial charge in [0.15, 0.2) is 0 Å². The number of benzene rings is 1. The average molecular weight is 703 g/mol. The summed E-state index contributed by atoms with van der Waals surface area (Å²) >= 11 is 8.50. The van der Waals surface area contributed by atoms with Crippen LogP contribution in [0.5, 0.6) is 0 Å². The largest absolute Gasteiger partial charge is 0.268 e. The summed E-state index contributed by atoms with van der Waals surface area (Å²) in [6.07, 6.45) is 0.959. The zero-order valence-electron chi connectivity index (χ0n) is 8.22. The third kappa shape index (κ3) is 4.55. The molecule has 0 bridgehead atoms. The van der Waals surface area contributed by atoms with Crippen LogP contribution in [0.1, 0.15) is 10.4 Å². The maximum atomic E-state index is 11.8. The SMILES string of the molecule is CS(=O)(=O)NC(=O)c1cc(I)c(I)c(I)c1I. The molecule has 0 aromatic heterocycles. The number of amides is 1. The molecular weight excluding hydrogens is 698 g/mol. The summed E-state index contributed by atoms with van der Waals surface area (Å²) in [6, 6.07) is 1.69. The van der Waals surface area contributed by atoms with Crippen molar-refractivity contribution in [3.8, 4) is 0 Å². The number of carbonyl (C=O) groups is 1. The van der Waals surface area contributed by atoms with Gasteiger partial charge in [-0.1, -0.05) is 0 Å². The molecule has 1 N–H and O–H groups in total. The Morgan fingerprint density at radius 3 is 2.12 bits per heavy atom. The van der Waals surface area contributed by atoms with Crippen molar-refractivity contribution in [1.29, 1.82) is 0 Å². The minimum Gasteiger partial charge on any atom is -0.268 e. The van der Waals surface area contributed by atoms with Gasteiger partial charge in [-0.15, -0.1) is 0 Å². The van der Waals surface area contributed by atoms with E-state index in [2.05, 4.69) is 67.8 Å². The highest BCUT2D eigenvalue weighted by atomic mass is 127. The van der Waals surface area contributed by atoms with Crippen molar-refractivity contribution in [3.63, 3.8) is 0 Å². The first-order valence-corrected chi connectivity index (χ1v) is 10.2. The van der Waals surface area contributed by atoms with E-state index in [1.54, 1.807) is 6.07 Å². The molecule has 0 heterocycles. The van der Waals surface area contributed by atoms with Crippen molar-refractivity contribution in [2.24, 2.45) is 0 Å². The number of carbonyl (C=O) groups excluding carboxylic acids is 1. The lowest BCUT2D eigenvalue weighted by Gasteiger charge is -2.09. The van der Waals surface area contributed by atoms with Crippen molar-refractivity contribution >= 4 is 106 Å².